The molecule has 0 N–H and O–H groups in total. The number of rotatable bonds is 2. The minimum atomic E-state index is 0.878. The lowest BCUT2D eigenvalue weighted by atomic mass is 9.95. The molecule has 0 bridgehead atoms. The Labute approximate surface area is 166 Å². The van der Waals surface area contributed by atoms with Crippen molar-refractivity contribution in [3.05, 3.63) is 114 Å². The Morgan fingerprint density at radius 3 is 2.36 bits per heavy atom. The zero-order chi connectivity index (χ0) is 19.3. The van der Waals surface area contributed by atoms with Crippen molar-refractivity contribution in [1.82, 2.24) is 0 Å². The summed E-state index contributed by atoms with van der Waals surface area (Å²) in [7, 11) is 0. The summed E-state index contributed by atoms with van der Waals surface area (Å²) >= 11 is 0. The highest BCUT2D eigenvalue weighted by Crippen LogP contribution is 2.33. The van der Waals surface area contributed by atoms with Crippen molar-refractivity contribution in [3.8, 4) is 11.1 Å². The van der Waals surface area contributed by atoms with Gasteiger partial charge in [0.1, 0.15) is 11.3 Å². The van der Waals surface area contributed by atoms with Gasteiger partial charge in [0.2, 0.25) is 0 Å². The number of aryl methyl sites for hydroxylation is 1. The van der Waals surface area contributed by atoms with Crippen molar-refractivity contribution in [2.45, 2.75) is 20.3 Å². The molecule has 4 rings (SSSR count). The third kappa shape index (κ3) is 3.99. The standard InChI is InChI=1S/C27H24O/c1-20-11-9-10-15-23(17-20)26-19-25(22-13-6-4-7-14-22)18-24-16-8-3-5-12-21(2)28-27(24)26/h3-9,11-19H,10H2,1-2H3. The summed E-state index contributed by atoms with van der Waals surface area (Å²) in [5, 5.41) is 1.08. The molecule has 0 unspecified atom stereocenters. The molecule has 0 saturated carbocycles. The lowest BCUT2D eigenvalue weighted by Gasteiger charge is -2.11. The molecule has 2 aromatic carbocycles. The minimum absolute atomic E-state index is 0.878. The Balaban J connectivity index is 2.08. The number of hydrogen-bond acceptors (Lipinski definition) is 1. The molecule has 0 radical (unpaired) electrons. The van der Waals surface area contributed by atoms with Gasteiger partial charge in [-0.25, -0.2) is 0 Å². The highest BCUT2D eigenvalue weighted by Gasteiger charge is 2.11. The van der Waals surface area contributed by atoms with Crippen LogP contribution >= 0.6 is 0 Å². The van der Waals surface area contributed by atoms with Crippen molar-refractivity contribution in [1.29, 1.82) is 0 Å². The smallest absolute Gasteiger partial charge is 0.141 e. The van der Waals surface area contributed by atoms with Gasteiger partial charge in [-0.3, -0.25) is 0 Å². The molecule has 0 saturated heterocycles. The Morgan fingerprint density at radius 2 is 1.54 bits per heavy atom. The normalized spacial score (nSPS) is 13.5. The van der Waals surface area contributed by atoms with Gasteiger partial charge in [-0.2, -0.15) is 0 Å². The predicted octanol–water partition coefficient (Wildman–Crippen LogP) is 7.82. The van der Waals surface area contributed by atoms with E-state index >= 15 is 0 Å². The number of fused-ring (bicyclic) bond motifs is 1. The van der Waals surface area contributed by atoms with Crippen molar-refractivity contribution in [3.63, 3.8) is 0 Å². The molecule has 1 heterocycles. The molecule has 1 aliphatic rings. The zero-order valence-electron chi connectivity index (χ0n) is 16.4. The Morgan fingerprint density at radius 1 is 0.786 bits per heavy atom. The van der Waals surface area contributed by atoms with Crippen LogP contribution in [0.15, 0.2) is 107 Å². The monoisotopic (exact) mass is 364 g/mol. The van der Waals surface area contributed by atoms with Crippen LogP contribution in [0.4, 0.5) is 0 Å². The first-order valence-corrected chi connectivity index (χ1v) is 9.69. The van der Waals surface area contributed by atoms with Crippen LogP contribution in [-0.2, 0) is 0 Å². The van der Waals surface area contributed by atoms with Crippen molar-refractivity contribution < 1.29 is 4.42 Å². The van der Waals surface area contributed by atoms with Gasteiger partial charge in [0, 0.05) is 10.9 Å². The van der Waals surface area contributed by atoms with Crippen LogP contribution < -0.4 is 0 Å². The lowest BCUT2D eigenvalue weighted by Crippen LogP contribution is -1.88. The maximum atomic E-state index is 6.34. The highest BCUT2D eigenvalue weighted by molar-refractivity contribution is 5.96. The first-order chi connectivity index (χ1) is 13.7. The molecule has 138 valence electrons. The third-order valence-corrected chi connectivity index (χ3v) is 4.87. The Kier molecular flexibility index (Phi) is 5.25. The summed E-state index contributed by atoms with van der Waals surface area (Å²) in [6.45, 7) is 4.14. The van der Waals surface area contributed by atoms with Gasteiger partial charge in [0.05, 0.1) is 0 Å². The largest absolute Gasteiger partial charge is 0.461 e. The maximum Gasteiger partial charge on any atom is 0.141 e. The highest BCUT2D eigenvalue weighted by atomic mass is 16.3. The van der Waals surface area contributed by atoms with Crippen LogP contribution in [0.5, 0.6) is 0 Å². The fraction of sp³-hybridized carbons (Fsp3) is 0.111. The summed E-state index contributed by atoms with van der Waals surface area (Å²) in [4.78, 5) is 0. The predicted molar refractivity (Wildman–Crippen MR) is 120 cm³/mol. The molecule has 0 aliphatic heterocycles. The summed E-state index contributed by atoms with van der Waals surface area (Å²) in [5.41, 5.74) is 6.87. The Hall–Kier alpha value is -3.32. The van der Waals surface area contributed by atoms with Gasteiger partial charge in [-0.15, -0.1) is 0 Å². The van der Waals surface area contributed by atoms with E-state index in [1.54, 1.807) is 0 Å². The first kappa shape index (κ1) is 18.1. The topological polar surface area (TPSA) is 13.1 Å². The van der Waals surface area contributed by atoms with Crippen molar-refractivity contribution in [2.75, 3.05) is 0 Å². The molecular formula is C27H24O. The number of benzene rings is 2. The van der Waals surface area contributed by atoms with E-state index in [0.29, 0.717) is 0 Å². The summed E-state index contributed by atoms with van der Waals surface area (Å²) < 4.78 is 6.34. The number of hydrogen-bond donors (Lipinski definition) is 0. The van der Waals surface area contributed by atoms with Gasteiger partial charge in [0.25, 0.3) is 0 Å². The van der Waals surface area contributed by atoms with Crippen LogP contribution in [0.3, 0.4) is 0 Å². The van der Waals surface area contributed by atoms with E-state index in [1.165, 1.54) is 22.3 Å². The summed E-state index contributed by atoms with van der Waals surface area (Å²) in [5.74, 6) is 0.878. The molecule has 1 heteroatoms. The van der Waals surface area contributed by atoms with E-state index in [0.717, 1.165) is 28.7 Å². The van der Waals surface area contributed by atoms with E-state index in [-0.39, 0.29) is 0 Å². The molecular weight excluding hydrogens is 340 g/mol. The van der Waals surface area contributed by atoms with Gasteiger partial charge in [-0.1, -0.05) is 84.5 Å². The second-order valence-electron chi connectivity index (χ2n) is 7.12. The van der Waals surface area contributed by atoms with Gasteiger partial charge < -0.3 is 4.42 Å². The minimum Gasteiger partial charge on any atom is -0.461 e. The second-order valence-corrected chi connectivity index (χ2v) is 7.12. The third-order valence-electron chi connectivity index (χ3n) is 4.87. The van der Waals surface area contributed by atoms with Crippen molar-refractivity contribution >= 4 is 16.5 Å². The van der Waals surface area contributed by atoms with Crippen LogP contribution in [0.1, 0.15) is 24.7 Å². The quantitative estimate of drug-likeness (QED) is 0.452. The molecule has 3 aromatic rings. The molecule has 1 nitrogen and oxygen atoms in total. The van der Waals surface area contributed by atoms with Gasteiger partial charge in [-0.05, 0) is 55.2 Å². The second kappa shape index (κ2) is 8.14. The molecule has 0 fully saturated rings. The maximum absolute atomic E-state index is 6.34. The van der Waals surface area contributed by atoms with E-state index in [2.05, 4.69) is 85.8 Å². The summed E-state index contributed by atoms with van der Waals surface area (Å²) in [6.07, 6.45) is 9.80. The van der Waals surface area contributed by atoms with E-state index in [1.807, 2.05) is 25.1 Å². The fourth-order valence-corrected chi connectivity index (χ4v) is 3.50. The molecule has 0 atom stereocenters. The number of allylic oxidation sites excluding steroid dienone is 6. The molecule has 0 spiro atoms. The average Bonchev–Trinajstić information content (AvgIpc) is 2.87. The molecule has 1 aliphatic carbocycles. The lowest BCUT2D eigenvalue weighted by molar-refractivity contribution is 0.568. The van der Waals surface area contributed by atoms with Crippen molar-refractivity contribution in [2.24, 2.45) is 0 Å². The van der Waals surface area contributed by atoms with Crippen LogP contribution in [0.2, 0.25) is 0 Å². The SMILES string of the molecule is CC1=CC(c2cc(-c3ccccc3)cc3cccccc(C)oc23)=CCC=C1. The van der Waals surface area contributed by atoms with Gasteiger partial charge >= 0.3 is 0 Å². The molecule has 0 amide bonds. The average molecular weight is 364 g/mol. The van der Waals surface area contributed by atoms with E-state index in [4.69, 9.17) is 4.42 Å². The van der Waals surface area contributed by atoms with Crippen LogP contribution in [-0.4, -0.2) is 0 Å². The molecule has 1 aromatic heterocycles. The van der Waals surface area contributed by atoms with E-state index < -0.39 is 0 Å². The first-order valence-electron chi connectivity index (χ1n) is 9.69. The summed E-state index contributed by atoms with van der Waals surface area (Å²) in [6, 6.07) is 25.2. The zero-order valence-corrected chi connectivity index (χ0v) is 16.4. The molecule has 28 heavy (non-hydrogen) atoms. The van der Waals surface area contributed by atoms with Crippen LogP contribution in [0, 0.1) is 6.92 Å². The Bertz CT molecular complexity index is 1140. The fourth-order valence-electron chi connectivity index (χ4n) is 3.50. The van der Waals surface area contributed by atoms with Crippen LogP contribution in [0.25, 0.3) is 27.7 Å². The van der Waals surface area contributed by atoms with Gasteiger partial charge in [0.15, 0.2) is 0 Å². The van der Waals surface area contributed by atoms with E-state index in [9.17, 15) is 0 Å².